The van der Waals surface area contributed by atoms with Crippen LogP contribution in [0.15, 0.2) is 53.4 Å². The van der Waals surface area contributed by atoms with Crippen LogP contribution in [0.3, 0.4) is 0 Å². The number of aryl methyl sites for hydroxylation is 1. The van der Waals surface area contributed by atoms with E-state index in [1.165, 1.54) is 22.1 Å². The van der Waals surface area contributed by atoms with E-state index in [9.17, 15) is 9.59 Å². The molecular weight excluding hydrogens is 557 g/mol. The van der Waals surface area contributed by atoms with Crippen LogP contribution >= 0.6 is 34.5 Å². The molecule has 1 atom stereocenters. The number of rotatable bonds is 10. The van der Waals surface area contributed by atoms with Gasteiger partial charge in [-0.15, -0.1) is 16.4 Å². The quantitative estimate of drug-likeness (QED) is 0.200. The molecule has 0 saturated heterocycles. The van der Waals surface area contributed by atoms with Gasteiger partial charge < -0.3 is 15.4 Å². The summed E-state index contributed by atoms with van der Waals surface area (Å²) in [4.78, 5) is 31.3. The van der Waals surface area contributed by atoms with Gasteiger partial charge in [-0.1, -0.05) is 37.0 Å². The average molecular weight is 587 g/mol. The lowest BCUT2D eigenvalue weighted by atomic mass is 10.0. The SMILES string of the molecule is Cc1cc(Cl)cc(C(=O)NC(C)CCC(C)C)c1NC(=O)c1cc(Oc2ccsc2)nn1-c1ncccc1Cl. The Morgan fingerprint density at radius 3 is 2.59 bits per heavy atom. The van der Waals surface area contributed by atoms with E-state index in [0.717, 1.165) is 12.8 Å². The number of nitrogens with one attached hydrogen (secondary N) is 2. The molecule has 0 aliphatic rings. The van der Waals surface area contributed by atoms with Gasteiger partial charge in [0.05, 0.1) is 16.3 Å². The fraction of sp³-hybridized carbons (Fsp3) is 0.286. The summed E-state index contributed by atoms with van der Waals surface area (Å²) in [6.07, 6.45) is 3.37. The van der Waals surface area contributed by atoms with Crippen LogP contribution < -0.4 is 15.4 Å². The largest absolute Gasteiger partial charge is 0.437 e. The predicted octanol–water partition coefficient (Wildman–Crippen LogP) is 7.54. The molecule has 0 aliphatic carbocycles. The van der Waals surface area contributed by atoms with Crippen molar-refractivity contribution in [1.82, 2.24) is 20.1 Å². The molecule has 1 aromatic carbocycles. The molecule has 0 fully saturated rings. The fourth-order valence-electron chi connectivity index (χ4n) is 3.92. The van der Waals surface area contributed by atoms with Gasteiger partial charge >= 0.3 is 0 Å². The molecule has 204 valence electrons. The molecule has 8 nitrogen and oxygen atoms in total. The van der Waals surface area contributed by atoms with Gasteiger partial charge in [-0.2, -0.15) is 0 Å². The van der Waals surface area contributed by atoms with Gasteiger partial charge in [0.1, 0.15) is 11.4 Å². The number of hydrogen-bond acceptors (Lipinski definition) is 6. The summed E-state index contributed by atoms with van der Waals surface area (Å²) in [7, 11) is 0. The summed E-state index contributed by atoms with van der Waals surface area (Å²) in [5.41, 5.74) is 1.36. The summed E-state index contributed by atoms with van der Waals surface area (Å²) >= 11 is 14.2. The molecular formula is C28H29Cl2N5O3S. The number of carbonyl (C=O) groups is 2. The first-order chi connectivity index (χ1) is 18.6. The van der Waals surface area contributed by atoms with E-state index in [-0.39, 0.29) is 34.9 Å². The number of pyridine rings is 1. The standard InChI is InChI=1S/C28H29Cl2N5O3S/c1-16(2)7-8-18(4)32-27(36)21-13-19(29)12-17(3)25(21)33-28(37)23-14-24(38-20-9-11-39-15-20)34-35(23)26-22(30)6-5-10-31-26/h5-6,9-16,18H,7-8H2,1-4H3,(H,32,36)(H,33,37). The summed E-state index contributed by atoms with van der Waals surface area (Å²) in [5.74, 6) is 0.701. The van der Waals surface area contributed by atoms with E-state index in [1.807, 2.05) is 17.7 Å². The number of carbonyl (C=O) groups excluding carboxylic acids is 2. The van der Waals surface area contributed by atoms with Crippen LogP contribution in [0.1, 0.15) is 60.0 Å². The van der Waals surface area contributed by atoms with Crippen molar-refractivity contribution in [1.29, 1.82) is 0 Å². The van der Waals surface area contributed by atoms with Crippen molar-refractivity contribution < 1.29 is 14.3 Å². The van der Waals surface area contributed by atoms with E-state index in [0.29, 0.717) is 33.0 Å². The van der Waals surface area contributed by atoms with Crippen molar-refractivity contribution in [2.24, 2.45) is 5.92 Å². The zero-order valence-electron chi connectivity index (χ0n) is 22.0. The Labute approximate surface area is 241 Å². The van der Waals surface area contributed by atoms with Gasteiger partial charge in [-0.25, -0.2) is 9.67 Å². The third kappa shape index (κ3) is 7.17. The Morgan fingerprint density at radius 1 is 1.10 bits per heavy atom. The lowest BCUT2D eigenvalue weighted by Gasteiger charge is -2.18. The van der Waals surface area contributed by atoms with Crippen LogP contribution in [0.25, 0.3) is 5.82 Å². The molecule has 2 N–H and O–H groups in total. The van der Waals surface area contributed by atoms with Crippen LogP contribution in [-0.2, 0) is 0 Å². The third-order valence-electron chi connectivity index (χ3n) is 5.91. The Bertz CT molecular complexity index is 1470. The van der Waals surface area contributed by atoms with Crippen molar-refractivity contribution in [2.75, 3.05) is 5.32 Å². The molecule has 3 heterocycles. The maximum atomic E-state index is 13.7. The number of anilines is 1. The molecule has 4 aromatic rings. The fourth-order valence-corrected chi connectivity index (χ4v) is 4.95. The monoisotopic (exact) mass is 585 g/mol. The molecule has 4 rings (SSSR count). The minimum atomic E-state index is -0.531. The number of amides is 2. The molecule has 0 saturated carbocycles. The number of thiophene rings is 1. The number of aromatic nitrogens is 3. The highest BCUT2D eigenvalue weighted by Crippen LogP contribution is 2.30. The first-order valence-corrected chi connectivity index (χ1v) is 14.2. The van der Waals surface area contributed by atoms with Crippen LogP contribution in [0.4, 0.5) is 5.69 Å². The molecule has 11 heteroatoms. The molecule has 0 radical (unpaired) electrons. The molecule has 2 amide bonds. The molecule has 0 spiro atoms. The summed E-state index contributed by atoms with van der Waals surface area (Å²) in [6.45, 7) is 8.02. The van der Waals surface area contributed by atoms with Crippen molar-refractivity contribution in [2.45, 2.75) is 46.6 Å². The second kappa shape index (κ2) is 12.6. The van der Waals surface area contributed by atoms with E-state index in [4.69, 9.17) is 27.9 Å². The highest BCUT2D eigenvalue weighted by atomic mass is 35.5. The predicted molar refractivity (Wildman–Crippen MR) is 156 cm³/mol. The van der Waals surface area contributed by atoms with Gasteiger partial charge in [0, 0.05) is 28.7 Å². The number of hydrogen-bond donors (Lipinski definition) is 2. The first-order valence-electron chi connectivity index (χ1n) is 12.5. The Morgan fingerprint density at radius 2 is 1.90 bits per heavy atom. The summed E-state index contributed by atoms with van der Waals surface area (Å²) < 4.78 is 7.15. The second-order valence-corrected chi connectivity index (χ2v) is 11.2. The maximum absolute atomic E-state index is 13.7. The zero-order chi connectivity index (χ0) is 28.1. The molecule has 0 bridgehead atoms. The second-order valence-electron chi connectivity index (χ2n) is 9.59. The van der Waals surface area contributed by atoms with E-state index in [2.05, 4.69) is 34.6 Å². The number of nitrogens with zero attached hydrogens (tertiary/aromatic N) is 3. The highest BCUT2D eigenvalue weighted by molar-refractivity contribution is 7.08. The number of halogens is 2. The van der Waals surface area contributed by atoms with Crippen molar-refractivity contribution in [3.05, 3.63) is 80.2 Å². The van der Waals surface area contributed by atoms with Crippen LogP contribution in [0, 0.1) is 12.8 Å². The van der Waals surface area contributed by atoms with Gasteiger partial charge in [0.25, 0.3) is 11.8 Å². The van der Waals surface area contributed by atoms with Gasteiger partial charge in [0.15, 0.2) is 5.82 Å². The number of ether oxygens (including phenoxy) is 1. The normalized spacial score (nSPS) is 11.9. The Kier molecular flexibility index (Phi) is 9.27. The lowest BCUT2D eigenvalue weighted by molar-refractivity contribution is 0.0938. The Balaban J connectivity index is 1.67. The first kappa shape index (κ1) is 28.6. The maximum Gasteiger partial charge on any atom is 0.274 e. The van der Waals surface area contributed by atoms with E-state index in [1.54, 1.807) is 43.5 Å². The smallest absolute Gasteiger partial charge is 0.274 e. The lowest BCUT2D eigenvalue weighted by Crippen LogP contribution is -2.33. The third-order valence-corrected chi connectivity index (χ3v) is 7.09. The van der Waals surface area contributed by atoms with Crippen LogP contribution in [-0.4, -0.2) is 32.6 Å². The van der Waals surface area contributed by atoms with E-state index >= 15 is 0 Å². The van der Waals surface area contributed by atoms with Crippen LogP contribution in [0.5, 0.6) is 11.6 Å². The van der Waals surface area contributed by atoms with Gasteiger partial charge in [0.2, 0.25) is 5.88 Å². The molecule has 0 aliphatic heterocycles. The highest BCUT2D eigenvalue weighted by Gasteiger charge is 2.24. The zero-order valence-corrected chi connectivity index (χ0v) is 24.3. The minimum absolute atomic E-state index is 0.0488. The summed E-state index contributed by atoms with van der Waals surface area (Å²) in [6, 6.07) is 9.81. The molecule has 1 unspecified atom stereocenters. The van der Waals surface area contributed by atoms with Gasteiger partial charge in [-0.05, 0) is 73.9 Å². The molecule has 39 heavy (non-hydrogen) atoms. The van der Waals surface area contributed by atoms with E-state index < -0.39 is 5.91 Å². The minimum Gasteiger partial charge on any atom is -0.437 e. The average Bonchev–Trinajstić information content (AvgIpc) is 3.55. The van der Waals surface area contributed by atoms with Crippen molar-refractivity contribution in [3.8, 4) is 17.4 Å². The van der Waals surface area contributed by atoms with Crippen molar-refractivity contribution >= 4 is 52.0 Å². The topological polar surface area (TPSA) is 98.1 Å². The number of benzene rings is 1. The van der Waals surface area contributed by atoms with Gasteiger partial charge in [-0.3, -0.25) is 9.59 Å². The Hall–Kier alpha value is -3.40. The van der Waals surface area contributed by atoms with Crippen molar-refractivity contribution in [3.63, 3.8) is 0 Å². The molecule has 3 aromatic heterocycles. The van der Waals surface area contributed by atoms with Crippen LogP contribution in [0.2, 0.25) is 10.0 Å². The summed E-state index contributed by atoms with van der Waals surface area (Å²) in [5, 5.41) is 14.7.